The Hall–Kier alpha value is -4.67. The van der Waals surface area contributed by atoms with E-state index in [4.69, 9.17) is 5.11 Å². The Balaban J connectivity index is 1.57. The maximum atomic E-state index is 13.8. The van der Waals surface area contributed by atoms with Crippen LogP contribution in [0.2, 0.25) is 0 Å². The largest absolute Gasteiger partial charge is 0.481 e. The van der Waals surface area contributed by atoms with Gasteiger partial charge in [0, 0.05) is 36.9 Å². The van der Waals surface area contributed by atoms with Crippen molar-refractivity contribution < 1.29 is 29.1 Å². The van der Waals surface area contributed by atoms with E-state index < -0.39 is 48.2 Å². The number of aldehydes is 1. The Morgan fingerprint density at radius 2 is 1.89 bits per heavy atom. The van der Waals surface area contributed by atoms with E-state index in [0.717, 1.165) is 5.39 Å². The van der Waals surface area contributed by atoms with Gasteiger partial charge in [-0.15, -0.1) is 0 Å². The van der Waals surface area contributed by atoms with Crippen LogP contribution in [0.5, 0.6) is 0 Å². The zero-order valence-electron chi connectivity index (χ0n) is 20.4. The molecule has 3 aromatic rings. The predicted octanol–water partition coefficient (Wildman–Crippen LogP) is 1.12. The summed E-state index contributed by atoms with van der Waals surface area (Å²) >= 11 is 0. The molecule has 3 N–H and O–H groups in total. The van der Waals surface area contributed by atoms with E-state index in [0.29, 0.717) is 30.1 Å². The fraction of sp³-hybridized carbons (Fsp3) is 0.296. The number of carboxylic acids is 1. The van der Waals surface area contributed by atoms with Crippen molar-refractivity contribution in [2.24, 2.45) is 0 Å². The van der Waals surface area contributed by atoms with Gasteiger partial charge in [0.05, 0.1) is 12.5 Å². The molecule has 3 amide bonds. The number of nitrogens with one attached hydrogen (secondary N) is 2. The minimum atomic E-state index is -1.23. The van der Waals surface area contributed by atoms with Gasteiger partial charge in [0.2, 0.25) is 11.8 Å². The molecule has 11 heteroatoms. The Bertz CT molecular complexity index is 1340. The van der Waals surface area contributed by atoms with Crippen LogP contribution in [0, 0.1) is 0 Å². The van der Waals surface area contributed by atoms with E-state index >= 15 is 0 Å². The first-order chi connectivity index (χ1) is 18.4. The summed E-state index contributed by atoms with van der Waals surface area (Å²) in [6, 6.07) is 9.43. The van der Waals surface area contributed by atoms with Gasteiger partial charge in [-0.2, -0.15) is 0 Å². The van der Waals surface area contributed by atoms with Gasteiger partial charge in [0.15, 0.2) is 0 Å². The van der Waals surface area contributed by atoms with Crippen LogP contribution in [-0.4, -0.2) is 74.6 Å². The fourth-order valence-corrected chi connectivity index (χ4v) is 4.59. The van der Waals surface area contributed by atoms with Crippen molar-refractivity contribution in [1.29, 1.82) is 0 Å². The summed E-state index contributed by atoms with van der Waals surface area (Å²) in [6.45, 7) is 0.271. The molecule has 38 heavy (non-hydrogen) atoms. The van der Waals surface area contributed by atoms with E-state index in [9.17, 15) is 24.0 Å². The third-order valence-electron chi connectivity index (χ3n) is 6.38. The number of nitrogens with zero attached hydrogens (tertiary/aromatic N) is 3. The van der Waals surface area contributed by atoms with Crippen LogP contribution >= 0.6 is 0 Å². The summed E-state index contributed by atoms with van der Waals surface area (Å²) in [4.78, 5) is 71.9. The summed E-state index contributed by atoms with van der Waals surface area (Å²) in [5.41, 5.74) is 0.880. The van der Waals surface area contributed by atoms with Gasteiger partial charge >= 0.3 is 5.97 Å². The Morgan fingerprint density at radius 1 is 1.08 bits per heavy atom. The van der Waals surface area contributed by atoms with Gasteiger partial charge in [-0.3, -0.25) is 29.1 Å². The molecule has 1 saturated heterocycles. The second kappa shape index (κ2) is 12.0. The standard InChI is InChI=1S/C27H27N5O6/c33-16-19(14-23(34)35)30-25(36)22-8-4-12-32(22)27(38)21(13-17-5-3-10-28-15-17)31-26(37)24-20-7-2-1-6-18(20)9-11-29-24/h1-3,5-7,9-11,15-16,19,21-22H,4,8,12-14H2,(H,30,36)(H,31,37)(H,34,35)/t19-,21?,22?/m0/s1. The minimum Gasteiger partial charge on any atom is -0.481 e. The molecule has 1 fully saturated rings. The first kappa shape index (κ1) is 26.4. The monoisotopic (exact) mass is 517 g/mol. The molecule has 1 aliphatic rings. The molecule has 0 spiro atoms. The molecule has 1 aromatic carbocycles. The third kappa shape index (κ3) is 6.17. The van der Waals surface area contributed by atoms with Crippen LogP contribution in [0.4, 0.5) is 0 Å². The van der Waals surface area contributed by atoms with E-state index in [1.165, 1.54) is 11.1 Å². The molecule has 0 saturated carbocycles. The van der Waals surface area contributed by atoms with Gasteiger partial charge in [0.1, 0.15) is 24.1 Å². The summed E-state index contributed by atoms with van der Waals surface area (Å²) in [7, 11) is 0. The van der Waals surface area contributed by atoms with Crippen molar-refractivity contribution in [1.82, 2.24) is 25.5 Å². The Labute approximate surface area is 218 Å². The van der Waals surface area contributed by atoms with Crippen molar-refractivity contribution in [2.45, 2.75) is 43.8 Å². The van der Waals surface area contributed by atoms with Gasteiger partial charge in [-0.05, 0) is 35.9 Å². The lowest BCUT2D eigenvalue weighted by atomic mass is 10.0. The predicted molar refractivity (Wildman–Crippen MR) is 136 cm³/mol. The van der Waals surface area contributed by atoms with Crippen molar-refractivity contribution in [3.8, 4) is 0 Å². The first-order valence-corrected chi connectivity index (χ1v) is 12.2. The first-order valence-electron chi connectivity index (χ1n) is 12.2. The molecule has 0 bridgehead atoms. The Kier molecular flexibility index (Phi) is 8.37. The highest BCUT2D eigenvalue weighted by Gasteiger charge is 2.38. The normalized spacial score (nSPS) is 16.4. The fourth-order valence-electron chi connectivity index (χ4n) is 4.59. The summed E-state index contributed by atoms with van der Waals surface area (Å²) < 4.78 is 0. The number of fused-ring (bicyclic) bond motifs is 1. The van der Waals surface area contributed by atoms with Crippen LogP contribution in [0.25, 0.3) is 10.8 Å². The number of hydrogen-bond acceptors (Lipinski definition) is 7. The van der Waals surface area contributed by atoms with Gasteiger partial charge < -0.3 is 25.4 Å². The van der Waals surface area contributed by atoms with Crippen molar-refractivity contribution in [3.05, 3.63) is 72.3 Å². The number of rotatable bonds is 10. The van der Waals surface area contributed by atoms with Crippen molar-refractivity contribution in [2.75, 3.05) is 6.54 Å². The van der Waals surface area contributed by atoms with Crippen molar-refractivity contribution in [3.63, 3.8) is 0 Å². The average molecular weight is 518 g/mol. The Morgan fingerprint density at radius 3 is 2.63 bits per heavy atom. The summed E-state index contributed by atoms with van der Waals surface area (Å²) in [6.07, 6.45) is 5.52. The lowest BCUT2D eigenvalue weighted by Gasteiger charge is -2.29. The van der Waals surface area contributed by atoms with Crippen LogP contribution < -0.4 is 10.6 Å². The van der Waals surface area contributed by atoms with Crippen LogP contribution in [-0.2, 0) is 25.6 Å². The number of aromatic nitrogens is 2. The molecule has 3 heterocycles. The number of carbonyl (C=O) groups excluding carboxylic acids is 4. The number of benzene rings is 1. The van der Waals surface area contributed by atoms with Gasteiger partial charge in [-0.25, -0.2) is 0 Å². The maximum Gasteiger partial charge on any atom is 0.305 e. The zero-order chi connectivity index (χ0) is 27.1. The second-order valence-electron chi connectivity index (χ2n) is 9.01. The number of likely N-dealkylation sites (tertiary alicyclic amines) is 1. The molecule has 0 radical (unpaired) electrons. The van der Waals surface area contributed by atoms with Crippen LogP contribution in [0.1, 0.15) is 35.3 Å². The molecule has 11 nitrogen and oxygen atoms in total. The highest BCUT2D eigenvalue weighted by molar-refractivity contribution is 6.06. The molecule has 0 aliphatic carbocycles. The molecule has 1 aliphatic heterocycles. The smallest absolute Gasteiger partial charge is 0.305 e. The molecular weight excluding hydrogens is 490 g/mol. The molecular formula is C27H27N5O6. The lowest BCUT2D eigenvalue weighted by molar-refractivity contribution is -0.142. The number of hydrogen-bond donors (Lipinski definition) is 3. The number of amides is 3. The topological polar surface area (TPSA) is 159 Å². The molecule has 4 rings (SSSR count). The molecule has 3 atom stereocenters. The summed E-state index contributed by atoms with van der Waals surface area (Å²) in [5, 5.41) is 15.6. The van der Waals surface area contributed by atoms with E-state index in [1.807, 2.05) is 12.1 Å². The number of pyridine rings is 2. The number of aliphatic carboxylic acids is 1. The van der Waals surface area contributed by atoms with E-state index in [-0.39, 0.29) is 18.7 Å². The number of carbonyl (C=O) groups is 5. The molecule has 2 unspecified atom stereocenters. The van der Waals surface area contributed by atoms with E-state index in [1.54, 1.807) is 42.7 Å². The lowest BCUT2D eigenvalue weighted by Crippen LogP contribution is -2.55. The second-order valence-corrected chi connectivity index (χ2v) is 9.01. The molecule has 2 aromatic heterocycles. The maximum absolute atomic E-state index is 13.8. The van der Waals surface area contributed by atoms with Gasteiger partial charge in [0.25, 0.3) is 5.91 Å². The highest BCUT2D eigenvalue weighted by Crippen LogP contribution is 2.21. The average Bonchev–Trinajstić information content (AvgIpc) is 3.42. The van der Waals surface area contributed by atoms with Gasteiger partial charge in [-0.1, -0.05) is 30.3 Å². The third-order valence-corrected chi connectivity index (χ3v) is 6.38. The van der Waals surface area contributed by atoms with E-state index in [2.05, 4.69) is 20.6 Å². The minimum absolute atomic E-state index is 0.129. The molecule has 196 valence electrons. The number of carboxylic acid groups (broad SMARTS) is 1. The van der Waals surface area contributed by atoms with Crippen LogP contribution in [0.15, 0.2) is 61.1 Å². The zero-order valence-corrected chi connectivity index (χ0v) is 20.4. The quantitative estimate of drug-likeness (QED) is 0.338. The summed E-state index contributed by atoms with van der Waals surface area (Å²) in [5.74, 6) is -2.85. The SMILES string of the molecule is O=C[C@H](CC(=O)O)NC(=O)C1CCCN1C(=O)C(Cc1cccnc1)NC(=O)c1nccc2ccccc12. The van der Waals surface area contributed by atoms with Crippen LogP contribution in [0.3, 0.4) is 0 Å². The van der Waals surface area contributed by atoms with Crippen molar-refractivity contribution >= 4 is 40.7 Å². The highest BCUT2D eigenvalue weighted by atomic mass is 16.4.